The molecular formula is C16H15ClN2OS2. The van der Waals surface area contributed by atoms with E-state index in [4.69, 9.17) is 11.6 Å². The number of unbranched alkanes of at least 4 members (excludes halogenated alkanes) is 1. The first-order chi connectivity index (χ1) is 10.7. The number of halogens is 1. The smallest absolute Gasteiger partial charge is 0.251 e. The van der Waals surface area contributed by atoms with Crippen molar-refractivity contribution < 1.29 is 4.79 Å². The summed E-state index contributed by atoms with van der Waals surface area (Å²) in [5.74, 6) is -0.0633. The van der Waals surface area contributed by atoms with Gasteiger partial charge in [-0.15, -0.1) is 11.3 Å². The van der Waals surface area contributed by atoms with Crippen LogP contribution in [-0.4, -0.2) is 17.6 Å². The average molecular weight is 351 g/mol. The molecule has 22 heavy (non-hydrogen) atoms. The second-order valence-electron chi connectivity index (χ2n) is 4.91. The van der Waals surface area contributed by atoms with Crippen LogP contribution in [0.4, 0.5) is 5.69 Å². The third kappa shape index (κ3) is 3.21. The maximum atomic E-state index is 12.1. The van der Waals surface area contributed by atoms with E-state index in [-0.39, 0.29) is 5.91 Å². The van der Waals surface area contributed by atoms with Gasteiger partial charge < -0.3 is 5.32 Å². The molecular weight excluding hydrogens is 336 g/mol. The summed E-state index contributed by atoms with van der Waals surface area (Å²) in [5, 5.41) is 5.42. The molecule has 0 spiro atoms. The van der Waals surface area contributed by atoms with Crippen LogP contribution in [0.25, 0.3) is 0 Å². The minimum absolute atomic E-state index is 0.0633. The monoisotopic (exact) mass is 350 g/mol. The highest BCUT2D eigenvalue weighted by Crippen LogP contribution is 2.43. The molecule has 1 aliphatic rings. The Morgan fingerprint density at radius 3 is 3.00 bits per heavy atom. The molecule has 1 aromatic heterocycles. The summed E-state index contributed by atoms with van der Waals surface area (Å²) in [6.07, 6.45) is 2.04. The fraction of sp³-hybridized carbons (Fsp3) is 0.250. The lowest BCUT2D eigenvalue weighted by Gasteiger charge is -2.07. The third-order valence-electron chi connectivity index (χ3n) is 3.29. The Labute approximate surface area is 142 Å². The zero-order valence-corrected chi connectivity index (χ0v) is 14.4. The summed E-state index contributed by atoms with van der Waals surface area (Å²) in [6, 6.07) is 7.63. The molecule has 0 unspecified atom stereocenters. The second-order valence-corrected chi connectivity index (χ2v) is 7.27. The third-order valence-corrected chi connectivity index (χ3v) is 5.85. The SMILES string of the molecule is CCCCNC(=O)c1ccc2c(c1)N=C(Cl)c1sccc1S2. The summed E-state index contributed by atoms with van der Waals surface area (Å²) in [4.78, 5) is 19.7. The molecule has 0 saturated heterocycles. The Bertz CT molecular complexity index is 739. The van der Waals surface area contributed by atoms with Crippen LogP contribution >= 0.6 is 34.7 Å². The Morgan fingerprint density at radius 2 is 2.18 bits per heavy atom. The molecule has 0 fully saturated rings. The second kappa shape index (κ2) is 6.86. The standard InChI is InChI=1S/C16H15ClN2OS2/c1-2-3-7-18-16(20)10-4-5-12-11(9-10)19-15(17)14-13(22-12)6-8-21-14/h4-6,8-9H,2-3,7H2,1H3,(H,18,20). The van der Waals surface area contributed by atoms with Crippen LogP contribution in [0.15, 0.2) is 44.4 Å². The van der Waals surface area contributed by atoms with Crippen LogP contribution in [0.1, 0.15) is 35.0 Å². The lowest BCUT2D eigenvalue weighted by molar-refractivity contribution is 0.0953. The van der Waals surface area contributed by atoms with Crippen LogP contribution in [0.2, 0.25) is 0 Å². The van der Waals surface area contributed by atoms with Crippen LogP contribution in [0.5, 0.6) is 0 Å². The van der Waals surface area contributed by atoms with Crippen molar-refractivity contribution >= 4 is 51.5 Å². The number of rotatable bonds is 4. The lowest BCUT2D eigenvalue weighted by Crippen LogP contribution is -2.24. The van der Waals surface area contributed by atoms with E-state index in [1.54, 1.807) is 23.1 Å². The highest BCUT2D eigenvalue weighted by atomic mass is 35.5. The van der Waals surface area contributed by atoms with E-state index in [9.17, 15) is 4.79 Å². The van der Waals surface area contributed by atoms with Gasteiger partial charge >= 0.3 is 0 Å². The zero-order chi connectivity index (χ0) is 15.5. The van der Waals surface area contributed by atoms with Gasteiger partial charge in [0.25, 0.3) is 5.91 Å². The molecule has 1 N–H and O–H groups in total. The first kappa shape index (κ1) is 15.6. The molecule has 0 bridgehead atoms. The van der Waals surface area contributed by atoms with Gasteiger partial charge in [0.1, 0.15) is 5.17 Å². The van der Waals surface area contributed by atoms with E-state index in [1.807, 2.05) is 29.6 Å². The average Bonchev–Trinajstić information content (AvgIpc) is 2.92. The molecule has 3 nitrogen and oxygen atoms in total. The van der Waals surface area contributed by atoms with Gasteiger partial charge in [-0.2, -0.15) is 0 Å². The Kier molecular flexibility index (Phi) is 4.86. The molecule has 0 saturated carbocycles. The highest BCUT2D eigenvalue weighted by molar-refractivity contribution is 7.99. The van der Waals surface area contributed by atoms with Crippen molar-refractivity contribution in [2.24, 2.45) is 4.99 Å². The van der Waals surface area contributed by atoms with E-state index < -0.39 is 0 Å². The molecule has 0 atom stereocenters. The number of benzene rings is 1. The number of carbonyl (C=O) groups is 1. The van der Waals surface area contributed by atoms with Crippen LogP contribution in [0.3, 0.4) is 0 Å². The topological polar surface area (TPSA) is 41.5 Å². The molecule has 1 amide bonds. The molecule has 1 aliphatic heterocycles. The van der Waals surface area contributed by atoms with E-state index in [0.29, 0.717) is 17.3 Å². The van der Waals surface area contributed by atoms with Gasteiger partial charge in [-0.3, -0.25) is 4.79 Å². The molecule has 1 aromatic carbocycles. The van der Waals surface area contributed by atoms with Gasteiger partial charge in [-0.25, -0.2) is 4.99 Å². The Balaban J connectivity index is 1.88. The number of hydrogen-bond acceptors (Lipinski definition) is 4. The van der Waals surface area contributed by atoms with Gasteiger partial charge in [0, 0.05) is 21.9 Å². The molecule has 0 aliphatic carbocycles. The maximum absolute atomic E-state index is 12.1. The highest BCUT2D eigenvalue weighted by Gasteiger charge is 2.18. The quantitative estimate of drug-likeness (QED) is 0.783. The predicted octanol–water partition coefficient (Wildman–Crippen LogP) is 5.06. The van der Waals surface area contributed by atoms with Gasteiger partial charge in [-0.05, 0) is 36.1 Å². The zero-order valence-electron chi connectivity index (χ0n) is 12.1. The van der Waals surface area contributed by atoms with Crippen molar-refractivity contribution in [3.8, 4) is 0 Å². The molecule has 2 heterocycles. The minimum Gasteiger partial charge on any atom is -0.352 e. The largest absolute Gasteiger partial charge is 0.352 e. The predicted molar refractivity (Wildman–Crippen MR) is 94.2 cm³/mol. The van der Waals surface area contributed by atoms with Crippen molar-refractivity contribution in [1.29, 1.82) is 0 Å². The van der Waals surface area contributed by atoms with E-state index in [0.717, 1.165) is 33.2 Å². The fourth-order valence-corrected chi connectivity index (χ4v) is 4.43. The molecule has 2 aromatic rings. The van der Waals surface area contributed by atoms with Gasteiger partial charge in [0.2, 0.25) is 0 Å². The van der Waals surface area contributed by atoms with Crippen LogP contribution in [-0.2, 0) is 0 Å². The number of thiophene rings is 1. The summed E-state index contributed by atoms with van der Waals surface area (Å²) in [7, 11) is 0. The van der Waals surface area contributed by atoms with Crippen molar-refractivity contribution in [3.05, 3.63) is 40.1 Å². The fourth-order valence-electron chi connectivity index (χ4n) is 2.12. The van der Waals surface area contributed by atoms with Crippen molar-refractivity contribution in [2.75, 3.05) is 6.54 Å². The van der Waals surface area contributed by atoms with Crippen molar-refractivity contribution in [1.82, 2.24) is 5.32 Å². The van der Waals surface area contributed by atoms with Gasteiger partial charge in [-0.1, -0.05) is 36.7 Å². The molecule has 0 radical (unpaired) electrons. The minimum atomic E-state index is -0.0633. The number of nitrogens with zero attached hydrogens (tertiary/aromatic N) is 1. The number of nitrogens with one attached hydrogen (secondary N) is 1. The van der Waals surface area contributed by atoms with E-state index in [2.05, 4.69) is 17.2 Å². The first-order valence-electron chi connectivity index (χ1n) is 7.11. The summed E-state index contributed by atoms with van der Waals surface area (Å²) in [5.41, 5.74) is 1.37. The molecule has 3 rings (SSSR count). The van der Waals surface area contributed by atoms with Gasteiger partial charge in [0.15, 0.2) is 0 Å². The summed E-state index contributed by atoms with van der Waals surface area (Å²) in [6.45, 7) is 2.80. The Morgan fingerprint density at radius 1 is 1.32 bits per heavy atom. The van der Waals surface area contributed by atoms with Crippen LogP contribution < -0.4 is 5.32 Å². The van der Waals surface area contributed by atoms with E-state index >= 15 is 0 Å². The summed E-state index contributed by atoms with van der Waals surface area (Å²) < 4.78 is 0. The number of amides is 1. The number of aliphatic imine (C=N–C) groups is 1. The van der Waals surface area contributed by atoms with Crippen molar-refractivity contribution in [2.45, 2.75) is 29.6 Å². The van der Waals surface area contributed by atoms with E-state index in [1.165, 1.54) is 0 Å². The number of fused-ring (bicyclic) bond motifs is 2. The van der Waals surface area contributed by atoms with Crippen molar-refractivity contribution in [3.63, 3.8) is 0 Å². The molecule has 114 valence electrons. The number of hydrogen-bond donors (Lipinski definition) is 1. The normalized spacial score (nSPS) is 12.9. The molecule has 6 heteroatoms. The lowest BCUT2D eigenvalue weighted by atomic mass is 10.2. The van der Waals surface area contributed by atoms with Crippen LogP contribution in [0, 0.1) is 0 Å². The van der Waals surface area contributed by atoms with Gasteiger partial charge in [0.05, 0.1) is 10.6 Å². The maximum Gasteiger partial charge on any atom is 0.251 e. The summed E-state index contributed by atoms with van der Waals surface area (Å²) >= 11 is 9.52. The Hall–Kier alpha value is -1.30. The number of carbonyl (C=O) groups excluding carboxylic acids is 1. The first-order valence-corrected chi connectivity index (χ1v) is 9.18.